The van der Waals surface area contributed by atoms with Crippen LogP contribution >= 0.6 is 0 Å². The first-order chi connectivity index (χ1) is 28.8. The van der Waals surface area contributed by atoms with Crippen molar-refractivity contribution >= 4 is 38.8 Å². The van der Waals surface area contributed by atoms with Crippen LogP contribution in [0.1, 0.15) is 64.4 Å². The van der Waals surface area contributed by atoms with Gasteiger partial charge in [0.15, 0.2) is 12.6 Å². The van der Waals surface area contributed by atoms with Crippen molar-refractivity contribution in [2.75, 3.05) is 41.5 Å². The maximum Gasteiger partial charge on any atom is 0.342 e. The van der Waals surface area contributed by atoms with E-state index in [-0.39, 0.29) is 48.6 Å². The molecule has 1 heterocycles. The highest BCUT2D eigenvalue weighted by molar-refractivity contribution is 6.99. The van der Waals surface area contributed by atoms with Gasteiger partial charge in [0.05, 0.1) is 19.8 Å². The molecule has 13 heteroatoms. The largest absolute Gasteiger partial charge is 0.497 e. The fraction of sp³-hybridized carbons (Fsp3) is 0.521. The number of aliphatic hydroxyl groups excluding tert-OH is 1. The van der Waals surface area contributed by atoms with Crippen molar-refractivity contribution < 1.29 is 52.2 Å². The van der Waals surface area contributed by atoms with Gasteiger partial charge in [-0.2, -0.15) is 0 Å². The van der Waals surface area contributed by atoms with Crippen molar-refractivity contribution in [3.8, 4) is 23.3 Å². The van der Waals surface area contributed by atoms with Crippen LogP contribution in [0.25, 0.3) is 6.08 Å². The fourth-order valence-electron chi connectivity index (χ4n) is 7.25. The fourth-order valence-corrected chi connectivity index (χ4v) is 12.7. The van der Waals surface area contributed by atoms with Crippen molar-refractivity contribution in [2.45, 2.75) is 115 Å². The number of ether oxygens (including phenoxy) is 8. The molecule has 6 atom stereocenters. The minimum Gasteiger partial charge on any atom is -0.497 e. The molecule has 11 nitrogen and oxygen atoms in total. The number of hydrogen-bond donors (Lipinski definition) is 1. The second-order valence-corrected chi connectivity index (χ2v) is 27.9. The van der Waals surface area contributed by atoms with E-state index in [9.17, 15) is 9.90 Å². The number of hydrogen-bond acceptors (Lipinski definition) is 11. The molecule has 1 aliphatic heterocycles. The third-order valence-electron chi connectivity index (χ3n) is 10.5. The maximum atomic E-state index is 13.7. The minimum absolute atomic E-state index is 0.0934. The summed E-state index contributed by atoms with van der Waals surface area (Å²) in [6.07, 6.45) is -0.704. The van der Waals surface area contributed by atoms with E-state index in [0.717, 1.165) is 6.04 Å². The van der Waals surface area contributed by atoms with Crippen LogP contribution in [0.4, 0.5) is 0 Å². The Morgan fingerprint density at radius 3 is 2.02 bits per heavy atom. The molecule has 4 rings (SSSR count). The quantitative estimate of drug-likeness (QED) is 0.0522. The SMILES string of the molecule is COCOc1cc(OC)cc(C=CC(OCOC)[C@@H]2OC(C)(C)O[C@@H]2C(O)C#C[C@@H](C)[C@H](C)O[Si](c2ccccc2)(c2ccccc2)C(C)(C)C)c1C(=O)OCC[Si](C)(C)C. The molecule has 1 fully saturated rings. The Balaban J connectivity index is 1.67. The highest BCUT2D eigenvalue weighted by Gasteiger charge is 2.52. The predicted molar refractivity (Wildman–Crippen MR) is 245 cm³/mol. The molecule has 1 aliphatic rings. The van der Waals surface area contributed by atoms with Crippen LogP contribution in [0.15, 0.2) is 78.9 Å². The summed E-state index contributed by atoms with van der Waals surface area (Å²) in [5.41, 5.74) is 0.651. The molecule has 0 bridgehead atoms. The molecule has 0 aliphatic carbocycles. The van der Waals surface area contributed by atoms with Crippen LogP contribution < -0.4 is 19.8 Å². The summed E-state index contributed by atoms with van der Waals surface area (Å²) >= 11 is 0. The number of benzene rings is 3. The summed E-state index contributed by atoms with van der Waals surface area (Å²) in [5.74, 6) is 5.16. The first kappa shape index (κ1) is 49.8. The molecule has 3 aromatic rings. The standard InChI is InChI=1S/C48H68O11Si2/c1-34(35(2)59-61(47(3,4)5,38-20-16-14-17-21-38)39-22-18-15-19-23-39)24-26-40(49)44-45(58-48(6,7)57-44)41(55-32-51-8)27-25-36-30-37(53-10)31-42(56-33-52-9)43(36)46(50)54-28-29-60(11,12)13/h14-23,25,27,30-31,34-35,40-41,44-45,49H,28-29,32-33H2,1-13H3/t34-,35+,40?,41?,44-,45+/m1/s1. The second kappa shape index (κ2) is 22.0. The van der Waals surface area contributed by atoms with Gasteiger partial charge in [-0.15, -0.1) is 0 Å². The summed E-state index contributed by atoms with van der Waals surface area (Å²) in [5, 5.41) is 13.9. The Kier molecular flexibility index (Phi) is 18.0. The lowest BCUT2D eigenvalue weighted by atomic mass is 9.99. The summed E-state index contributed by atoms with van der Waals surface area (Å²) < 4.78 is 53.9. The van der Waals surface area contributed by atoms with Gasteiger partial charge in [0.25, 0.3) is 8.32 Å². The molecule has 61 heavy (non-hydrogen) atoms. The van der Waals surface area contributed by atoms with Crippen molar-refractivity contribution in [3.63, 3.8) is 0 Å². The Bertz CT molecular complexity index is 1890. The molecular formula is C48H68O11Si2. The van der Waals surface area contributed by atoms with Crippen molar-refractivity contribution in [1.82, 2.24) is 0 Å². The summed E-state index contributed by atoms with van der Waals surface area (Å²) in [6.45, 7) is 21.1. The zero-order chi connectivity index (χ0) is 45.0. The first-order valence-corrected chi connectivity index (χ1v) is 26.5. The van der Waals surface area contributed by atoms with Gasteiger partial charge in [0, 0.05) is 34.3 Å². The molecule has 1 N–H and O–H groups in total. The lowest BCUT2D eigenvalue weighted by molar-refractivity contribution is -0.164. The number of carbonyl (C=O) groups is 1. The van der Waals surface area contributed by atoms with E-state index in [2.05, 4.69) is 101 Å². The summed E-state index contributed by atoms with van der Waals surface area (Å²) in [6, 6.07) is 25.1. The summed E-state index contributed by atoms with van der Waals surface area (Å²) in [7, 11) is 0.201. The molecule has 3 aromatic carbocycles. The third kappa shape index (κ3) is 13.3. The normalized spacial score (nSPS) is 18.8. The minimum atomic E-state index is -2.85. The van der Waals surface area contributed by atoms with Crippen molar-refractivity contribution in [1.29, 1.82) is 0 Å². The molecule has 1 saturated heterocycles. The van der Waals surface area contributed by atoms with Gasteiger partial charge in [-0.05, 0) is 60.8 Å². The lowest BCUT2D eigenvalue weighted by Crippen LogP contribution is -2.67. The molecule has 334 valence electrons. The lowest BCUT2D eigenvalue weighted by Gasteiger charge is -2.45. The number of methoxy groups -OCH3 is 3. The smallest absolute Gasteiger partial charge is 0.342 e. The predicted octanol–water partition coefficient (Wildman–Crippen LogP) is 7.66. The van der Waals surface area contributed by atoms with E-state index in [0.29, 0.717) is 11.3 Å². The zero-order valence-corrected chi connectivity index (χ0v) is 40.4. The van der Waals surface area contributed by atoms with Gasteiger partial charge < -0.3 is 47.4 Å². The van der Waals surface area contributed by atoms with E-state index in [1.807, 2.05) is 26.0 Å². The van der Waals surface area contributed by atoms with E-state index < -0.39 is 52.6 Å². The van der Waals surface area contributed by atoms with Crippen LogP contribution in [0.2, 0.25) is 30.7 Å². The van der Waals surface area contributed by atoms with Crippen LogP contribution in [-0.2, 0) is 32.8 Å². The average molecular weight is 877 g/mol. The van der Waals surface area contributed by atoms with Gasteiger partial charge in [0.1, 0.15) is 48.3 Å². The van der Waals surface area contributed by atoms with Crippen LogP contribution in [0.5, 0.6) is 11.5 Å². The van der Waals surface area contributed by atoms with Crippen LogP contribution in [-0.4, -0.2) is 105 Å². The van der Waals surface area contributed by atoms with E-state index in [1.54, 1.807) is 38.1 Å². The molecular weight excluding hydrogens is 809 g/mol. The first-order valence-electron chi connectivity index (χ1n) is 20.9. The van der Waals surface area contributed by atoms with E-state index in [4.69, 9.17) is 42.3 Å². The number of aliphatic hydroxyl groups is 1. The highest BCUT2D eigenvalue weighted by Crippen LogP contribution is 2.39. The van der Waals surface area contributed by atoms with E-state index >= 15 is 0 Å². The Labute approximate surface area is 366 Å². The van der Waals surface area contributed by atoms with Crippen molar-refractivity contribution in [2.24, 2.45) is 5.92 Å². The molecule has 2 unspecified atom stereocenters. The monoisotopic (exact) mass is 876 g/mol. The number of esters is 1. The Morgan fingerprint density at radius 2 is 1.48 bits per heavy atom. The second-order valence-electron chi connectivity index (χ2n) is 18.1. The van der Waals surface area contributed by atoms with Gasteiger partial charge in [-0.25, -0.2) is 4.79 Å². The molecule has 0 spiro atoms. The van der Waals surface area contributed by atoms with Crippen LogP contribution in [0.3, 0.4) is 0 Å². The third-order valence-corrected chi connectivity index (χ3v) is 17.4. The van der Waals surface area contributed by atoms with E-state index in [1.165, 1.54) is 31.7 Å². The van der Waals surface area contributed by atoms with Gasteiger partial charge in [0.2, 0.25) is 0 Å². The molecule has 0 saturated carbocycles. The van der Waals surface area contributed by atoms with Crippen molar-refractivity contribution in [3.05, 3.63) is 90.0 Å². The average Bonchev–Trinajstić information content (AvgIpc) is 3.55. The molecule has 0 aromatic heterocycles. The van der Waals surface area contributed by atoms with Gasteiger partial charge >= 0.3 is 5.97 Å². The zero-order valence-electron chi connectivity index (χ0n) is 38.4. The Hall–Kier alpha value is -3.82. The number of carbonyl (C=O) groups excluding carboxylic acids is 1. The summed E-state index contributed by atoms with van der Waals surface area (Å²) in [4.78, 5) is 13.7. The topological polar surface area (TPSA) is 120 Å². The Morgan fingerprint density at radius 1 is 0.885 bits per heavy atom. The van der Waals surface area contributed by atoms with Crippen LogP contribution in [0, 0.1) is 17.8 Å². The molecule has 0 amide bonds. The highest BCUT2D eigenvalue weighted by atomic mass is 28.4. The number of rotatable bonds is 20. The van der Waals surface area contributed by atoms with Gasteiger partial charge in [-0.1, -0.05) is 125 Å². The molecule has 0 radical (unpaired) electrons. The maximum absolute atomic E-state index is 13.7. The van der Waals surface area contributed by atoms with Gasteiger partial charge in [-0.3, -0.25) is 0 Å².